The second kappa shape index (κ2) is 5.96. The number of pyridine rings is 1. The van der Waals surface area contributed by atoms with Crippen molar-refractivity contribution in [1.29, 1.82) is 0 Å². The van der Waals surface area contributed by atoms with Gasteiger partial charge in [0.25, 0.3) is 5.91 Å². The van der Waals surface area contributed by atoms with Gasteiger partial charge in [0.1, 0.15) is 0 Å². The lowest BCUT2D eigenvalue weighted by molar-refractivity contribution is 0.0963. The highest BCUT2D eigenvalue weighted by Crippen LogP contribution is 2.20. The van der Waals surface area contributed by atoms with Crippen molar-refractivity contribution in [2.45, 2.75) is 18.9 Å². The number of carbonyl (C=O) groups excluding carboxylic acids is 1. The third-order valence-electron chi connectivity index (χ3n) is 4.31. The Kier molecular flexibility index (Phi) is 3.99. The van der Waals surface area contributed by atoms with E-state index in [1.165, 1.54) is 29.4 Å². The Labute approximate surface area is 132 Å². The molecule has 0 aromatic carbocycles. The van der Waals surface area contributed by atoms with Crippen molar-refractivity contribution in [2.75, 3.05) is 20.1 Å². The van der Waals surface area contributed by atoms with E-state index in [-0.39, 0.29) is 11.9 Å². The normalized spacial score (nSPS) is 15.7. The van der Waals surface area contributed by atoms with Crippen LogP contribution >= 0.6 is 0 Å². The monoisotopic (exact) mass is 317 g/mol. The van der Waals surface area contributed by atoms with Gasteiger partial charge in [-0.2, -0.15) is 0 Å². The minimum absolute atomic E-state index is 0.0569. The van der Waals surface area contributed by atoms with Crippen molar-refractivity contribution in [3.63, 3.8) is 0 Å². The van der Waals surface area contributed by atoms with Crippen molar-refractivity contribution in [3.8, 4) is 0 Å². The second-order valence-electron chi connectivity index (χ2n) is 5.67. The zero-order chi connectivity index (χ0) is 16.6. The highest BCUT2D eigenvalue weighted by Gasteiger charge is 2.22. The zero-order valence-corrected chi connectivity index (χ0v) is 13.1. The van der Waals surface area contributed by atoms with Crippen LogP contribution in [-0.2, 0) is 7.05 Å². The van der Waals surface area contributed by atoms with Gasteiger partial charge in [-0.3, -0.25) is 19.0 Å². The van der Waals surface area contributed by atoms with Gasteiger partial charge in [0, 0.05) is 26.3 Å². The first-order valence-electron chi connectivity index (χ1n) is 7.58. The Morgan fingerprint density at radius 3 is 2.65 bits per heavy atom. The number of nitrogens with one attached hydrogen (secondary N) is 2. The van der Waals surface area contributed by atoms with Crippen molar-refractivity contribution in [2.24, 2.45) is 7.05 Å². The van der Waals surface area contributed by atoms with E-state index in [1.54, 1.807) is 6.07 Å². The first-order chi connectivity index (χ1) is 11.0. The SMILES string of the molecule is CNC(=O)c1cnc2c(c1)n(C)c(=O)c(=O)n2C1CCNCC1. The van der Waals surface area contributed by atoms with Crippen molar-refractivity contribution >= 4 is 17.1 Å². The summed E-state index contributed by atoms with van der Waals surface area (Å²) >= 11 is 0. The highest BCUT2D eigenvalue weighted by molar-refractivity contribution is 5.96. The summed E-state index contributed by atoms with van der Waals surface area (Å²) in [7, 11) is 3.05. The van der Waals surface area contributed by atoms with Gasteiger partial charge in [-0.25, -0.2) is 4.98 Å². The van der Waals surface area contributed by atoms with Crippen LogP contribution in [-0.4, -0.2) is 40.2 Å². The van der Waals surface area contributed by atoms with Gasteiger partial charge >= 0.3 is 11.1 Å². The number of amides is 1. The molecule has 1 aliphatic heterocycles. The number of piperidine rings is 1. The fourth-order valence-electron chi connectivity index (χ4n) is 3.00. The molecule has 3 rings (SSSR count). The first kappa shape index (κ1) is 15.4. The van der Waals surface area contributed by atoms with E-state index in [4.69, 9.17) is 0 Å². The molecule has 1 saturated heterocycles. The van der Waals surface area contributed by atoms with Gasteiger partial charge in [0.2, 0.25) is 0 Å². The third kappa shape index (κ3) is 2.55. The summed E-state index contributed by atoms with van der Waals surface area (Å²) in [6.07, 6.45) is 2.96. The van der Waals surface area contributed by atoms with Crippen molar-refractivity contribution < 1.29 is 4.79 Å². The number of aromatic nitrogens is 3. The molecule has 1 amide bonds. The number of rotatable bonds is 2. The van der Waals surface area contributed by atoms with Crippen LogP contribution in [0, 0.1) is 0 Å². The van der Waals surface area contributed by atoms with Gasteiger partial charge in [-0.05, 0) is 32.0 Å². The minimum atomic E-state index is -0.605. The molecule has 2 N–H and O–H groups in total. The number of fused-ring (bicyclic) bond motifs is 1. The van der Waals surface area contributed by atoms with Crippen LogP contribution in [0.5, 0.6) is 0 Å². The Hall–Kier alpha value is -2.48. The van der Waals surface area contributed by atoms with E-state index in [1.807, 2.05) is 0 Å². The van der Waals surface area contributed by atoms with E-state index in [0.29, 0.717) is 16.7 Å². The average molecular weight is 317 g/mol. The van der Waals surface area contributed by atoms with Crippen LogP contribution < -0.4 is 21.8 Å². The Bertz CT molecular complexity index is 877. The molecular formula is C15H19N5O3. The zero-order valence-electron chi connectivity index (χ0n) is 13.1. The maximum Gasteiger partial charge on any atom is 0.318 e. The van der Waals surface area contributed by atoms with E-state index in [9.17, 15) is 14.4 Å². The Morgan fingerprint density at radius 1 is 1.30 bits per heavy atom. The summed E-state index contributed by atoms with van der Waals surface area (Å²) in [5, 5.41) is 5.76. The molecule has 23 heavy (non-hydrogen) atoms. The van der Waals surface area contributed by atoms with E-state index in [0.717, 1.165) is 25.9 Å². The predicted molar refractivity (Wildman–Crippen MR) is 85.8 cm³/mol. The summed E-state index contributed by atoms with van der Waals surface area (Å²) in [6.45, 7) is 1.59. The number of hydrogen-bond acceptors (Lipinski definition) is 5. The largest absolute Gasteiger partial charge is 0.355 e. The van der Waals surface area contributed by atoms with Crippen LogP contribution in [0.3, 0.4) is 0 Å². The lowest BCUT2D eigenvalue weighted by Crippen LogP contribution is -2.44. The molecular weight excluding hydrogens is 298 g/mol. The second-order valence-corrected chi connectivity index (χ2v) is 5.67. The summed E-state index contributed by atoms with van der Waals surface area (Å²) in [6, 6.07) is 1.54. The predicted octanol–water partition coefficient (Wildman–Crippen LogP) is -0.621. The molecule has 0 bridgehead atoms. The van der Waals surface area contributed by atoms with Gasteiger partial charge in [0.05, 0.1) is 11.1 Å². The Balaban J connectivity index is 2.29. The first-order valence-corrected chi connectivity index (χ1v) is 7.58. The molecule has 0 saturated carbocycles. The van der Waals surface area contributed by atoms with Crippen molar-refractivity contribution in [3.05, 3.63) is 38.5 Å². The number of hydrogen-bond donors (Lipinski definition) is 2. The van der Waals surface area contributed by atoms with Crippen LogP contribution in [0.15, 0.2) is 21.9 Å². The van der Waals surface area contributed by atoms with Gasteiger partial charge in [-0.1, -0.05) is 0 Å². The minimum Gasteiger partial charge on any atom is -0.355 e. The molecule has 1 fully saturated rings. The van der Waals surface area contributed by atoms with Crippen LogP contribution in [0.25, 0.3) is 11.2 Å². The molecule has 0 aliphatic carbocycles. The number of aryl methyl sites for hydroxylation is 1. The van der Waals surface area contributed by atoms with Gasteiger partial charge < -0.3 is 15.2 Å². The molecule has 0 atom stereocenters. The summed E-state index contributed by atoms with van der Waals surface area (Å²) in [4.78, 5) is 40.9. The van der Waals surface area contributed by atoms with Gasteiger partial charge in [-0.15, -0.1) is 0 Å². The Morgan fingerprint density at radius 2 is 2.00 bits per heavy atom. The molecule has 0 unspecified atom stereocenters. The lowest BCUT2D eigenvalue weighted by Gasteiger charge is -2.25. The quantitative estimate of drug-likeness (QED) is 0.719. The fraction of sp³-hybridized carbons (Fsp3) is 0.467. The maximum atomic E-state index is 12.5. The molecule has 8 nitrogen and oxygen atoms in total. The molecule has 0 spiro atoms. The lowest BCUT2D eigenvalue weighted by atomic mass is 10.1. The summed E-state index contributed by atoms with van der Waals surface area (Å²) in [5.41, 5.74) is 0.107. The molecule has 0 radical (unpaired) electrons. The molecule has 1 aliphatic rings. The molecule has 122 valence electrons. The molecule has 2 aromatic heterocycles. The third-order valence-corrected chi connectivity index (χ3v) is 4.31. The van der Waals surface area contributed by atoms with Crippen molar-refractivity contribution in [1.82, 2.24) is 24.8 Å². The standard InChI is InChI=1S/C15H19N5O3/c1-16-13(21)9-7-11-12(18-8-9)20(10-3-5-17-6-4-10)15(23)14(22)19(11)2/h7-8,10,17H,3-6H2,1-2H3,(H,16,21). The number of carbonyl (C=O) groups is 1. The van der Waals surface area contributed by atoms with Crippen LogP contribution in [0.1, 0.15) is 29.2 Å². The summed E-state index contributed by atoms with van der Waals surface area (Å²) < 4.78 is 2.75. The molecule has 3 heterocycles. The van der Waals surface area contributed by atoms with E-state index in [2.05, 4.69) is 15.6 Å². The molecule has 8 heteroatoms. The smallest absolute Gasteiger partial charge is 0.318 e. The maximum absolute atomic E-state index is 12.5. The number of nitrogens with zero attached hydrogens (tertiary/aromatic N) is 3. The van der Waals surface area contributed by atoms with Crippen LogP contribution in [0.2, 0.25) is 0 Å². The van der Waals surface area contributed by atoms with Crippen LogP contribution in [0.4, 0.5) is 0 Å². The average Bonchev–Trinajstić information content (AvgIpc) is 2.60. The van der Waals surface area contributed by atoms with Gasteiger partial charge in [0.15, 0.2) is 5.65 Å². The fourth-order valence-corrected chi connectivity index (χ4v) is 3.00. The van der Waals surface area contributed by atoms with E-state index < -0.39 is 11.1 Å². The topological polar surface area (TPSA) is 98.0 Å². The highest BCUT2D eigenvalue weighted by atomic mass is 16.2. The summed E-state index contributed by atoms with van der Waals surface area (Å²) in [5.74, 6) is -0.286. The molecule has 2 aromatic rings. The van der Waals surface area contributed by atoms with E-state index >= 15 is 0 Å².